The van der Waals surface area contributed by atoms with Gasteiger partial charge in [0.15, 0.2) is 10.1 Å². The van der Waals surface area contributed by atoms with Crippen LogP contribution in [-0.4, -0.2) is 30.5 Å². The molecule has 4 nitrogen and oxygen atoms in total. The predicted molar refractivity (Wildman–Crippen MR) is 63.3 cm³/mol. The van der Waals surface area contributed by atoms with Crippen LogP contribution in [0.15, 0.2) is 30.3 Å². The van der Waals surface area contributed by atoms with E-state index in [1.807, 2.05) is 0 Å². The van der Waals surface area contributed by atoms with Crippen LogP contribution in [0.5, 0.6) is 0 Å². The molecule has 1 atom stereocenters. The number of rotatable bonds is 6. The summed E-state index contributed by atoms with van der Waals surface area (Å²) in [6.45, 7) is 0. The molecule has 1 aromatic carbocycles. The molecule has 0 heterocycles. The van der Waals surface area contributed by atoms with Gasteiger partial charge in [-0.1, -0.05) is 30.3 Å². The number of hydrogen-bond donors (Lipinski definition) is 0. The van der Waals surface area contributed by atoms with Crippen LogP contribution in [0, 0.1) is 0 Å². The Balaban J connectivity index is 2.82. The summed E-state index contributed by atoms with van der Waals surface area (Å²) < 4.78 is 98.2. The Labute approximate surface area is 121 Å². The van der Waals surface area contributed by atoms with Gasteiger partial charge in [0.1, 0.15) is 0 Å². The summed E-state index contributed by atoms with van der Waals surface area (Å²) in [4.78, 5) is 0. The molecule has 0 amide bonds. The van der Waals surface area contributed by atoms with Crippen molar-refractivity contribution >= 4 is 22.2 Å². The lowest BCUT2D eigenvalue weighted by Crippen LogP contribution is -2.50. The zero-order valence-electron chi connectivity index (χ0n) is 10.0. The van der Waals surface area contributed by atoms with E-state index in [1.165, 1.54) is 12.1 Å². The molecule has 1 rings (SSSR count). The van der Waals surface area contributed by atoms with Crippen molar-refractivity contribution in [3.05, 3.63) is 35.9 Å². The molecule has 0 aliphatic heterocycles. The first-order valence-electron chi connectivity index (χ1n) is 5.18. The van der Waals surface area contributed by atoms with Crippen LogP contribution in [0.1, 0.15) is 5.56 Å². The van der Waals surface area contributed by atoms with Crippen LogP contribution >= 0.6 is 12.0 Å². The summed E-state index contributed by atoms with van der Waals surface area (Å²) in [7, 11) is -6.52. The molecule has 21 heavy (non-hydrogen) atoms. The van der Waals surface area contributed by atoms with E-state index in [9.17, 15) is 34.9 Å². The van der Waals surface area contributed by atoms with Gasteiger partial charge in [-0.15, -0.1) is 0 Å². The molecular weight excluding hydrogens is 343 g/mol. The summed E-state index contributed by atoms with van der Waals surface area (Å²) >= 11 is -0.0190. The van der Waals surface area contributed by atoms with Crippen LogP contribution in [-0.2, 0) is 20.1 Å². The highest BCUT2D eigenvalue weighted by Gasteiger charge is 2.61. The van der Waals surface area contributed by atoms with Gasteiger partial charge in [0.2, 0.25) is 6.10 Å². The molecule has 0 saturated carbocycles. The molecule has 1 aromatic rings. The molecule has 0 aromatic heterocycles. The highest BCUT2D eigenvalue weighted by Crippen LogP contribution is 2.40. The van der Waals surface area contributed by atoms with Gasteiger partial charge in [-0.2, -0.15) is 22.0 Å². The largest absolute Gasteiger partial charge is 0.743 e. The Kier molecular flexibility index (Phi) is 5.58. The molecule has 0 bridgehead atoms. The van der Waals surface area contributed by atoms with Crippen molar-refractivity contribution in [1.82, 2.24) is 0 Å². The van der Waals surface area contributed by atoms with E-state index in [0.29, 0.717) is 5.56 Å². The fourth-order valence-corrected chi connectivity index (χ4v) is 2.44. The van der Waals surface area contributed by atoms with Crippen molar-refractivity contribution < 1.29 is 39.1 Å². The summed E-state index contributed by atoms with van der Waals surface area (Å²) in [6, 6.07) is 7.76. The first-order valence-corrected chi connectivity index (χ1v) is 7.50. The molecule has 0 radical (unpaired) electrons. The van der Waals surface area contributed by atoms with Crippen LogP contribution < -0.4 is 0 Å². The fourth-order valence-electron chi connectivity index (χ4n) is 1.18. The minimum absolute atomic E-state index is 0.0190. The summed E-state index contributed by atoms with van der Waals surface area (Å²) in [6.07, 6.45) is -9.76. The Morgan fingerprint density at radius 2 is 1.67 bits per heavy atom. The normalized spacial score (nSPS) is 15.0. The molecule has 0 saturated heterocycles. The monoisotopic (exact) mass is 351 g/mol. The third-order valence-electron chi connectivity index (χ3n) is 2.17. The van der Waals surface area contributed by atoms with Gasteiger partial charge < -0.3 is 4.55 Å². The molecular formula is C10H8F5O4S2-. The molecule has 0 spiro atoms. The Morgan fingerprint density at radius 3 is 2.10 bits per heavy atom. The van der Waals surface area contributed by atoms with E-state index < -0.39 is 27.7 Å². The summed E-state index contributed by atoms with van der Waals surface area (Å²) in [5, 5.41) is -5.62. The lowest BCUT2D eigenvalue weighted by Gasteiger charge is -2.29. The van der Waals surface area contributed by atoms with Crippen LogP contribution in [0.4, 0.5) is 22.0 Å². The molecule has 0 aliphatic carbocycles. The Bertz CT molecular complexity index is 559. The van der Waals surface area contributed by atoms with Crippen molar-refractivity contribution in [2.24, 2.45) is 0 Å². The second-order valence-electron chi connectivity index (χ2n) is 3.78. The van der Waals surface area contributed by atoms with Gasteiger partial charge in [0.05, 0.1) is 0 Å². The van der Waals surface area contributed by atoms with Crippen LogP contribution in [0.25, 0.3) is 0 Å². The van der Waals surface area contributed by atoms with E-state index >= 15 is 0 Å². The van der Waals surface area contributed by atoms with Crippen molar-refractivity contribution in [2.45, 2.75) is 23.3 Å². The lowest BCUT2D eigenvalue weighted by atomic mass is 10.2. The molecule has 0 aliphatic rings. The van der Waals surface area contributed by atoms with E-state index in [-0.39, 0.29) is 17.8 Å². The third-order valence-corrected chi connectivity index (χ3v) is 3.83. The van der Waals surface area contributed by atoms with Gasteiger partial charge in [-0.25, -0.2) is 8.42 Å². The number of alkyl halides is 5. The quantitative estimate of drug-likeness (QED) is 0.448. The average molecular weight is 351 g/mol. The first-order chi connectivity index (χ1) is 9.46. The molecule has 120 valence electrons. The lowest BCUT2D eigenvalue weighted by molar-refractivity contribution is -0.235. The second-order valence-corrected chi connectivity index (χ2v) is 5.95. The van der Waals surface area contributed by atoms with Crippen molar-refractivity contribution in [3.63, 3.8) is 0 Å². The molecule has 1 unspecified atom stereocenters. The number of hydrogen-bond acceptors (Lipinski definition) is 5. The topological polar surface area (TPSA) is 66.4 Å². The van der Waals surface area contributed by atoms with E-state index in [0.717, 1.165) is 0 Å². The van der Waals surface area contributed by atoms with E-state index in [2.05, 4.69) is 4.18 Å². The maximum Gasteiger partial charge on any atom is 0.422 e. The average Bonchev–Trinajstić information content (AvgIpc) is 2.32. The van der Waals surface area contributed by atoms with E-state index in [4.69, 9.17) is 0 Å². The zero-order chi connectivity index (χ0) is 16.3. The van der Waals surface area contributed by atoms with Crippen molar-refractivity contribution in [3.8, 4) is 0 Å². The van der Waals surface area contributed by atoms with Gasteiger partial charge in [0, 0.05) is 5.75 Å². The molecule has 0 fully saturated rings. The van der Waals surface area contributed by atoms with Crippen molar-refractivity contribution in [1.29, 1.82) is 0 Å². The fraction of sp³-hybridized carbons (Fsp3) is 0.400. The van der Waals surface area contributed by atoms with Gasteiger partial charge in [-0.05, 0) is 17.6 Å². The Morgan fingerprint density at radius 1 is 1.14 bits per heavy atom. The summed E-state index contributed by atoms with van der Waals surface area (Å²) in [5.41, 5.74) is 0.469. The highest BCUT2D eigenvalue weighted by atomic mass is 32.2. The SMILES string of the molecule is O=S(=O)([O-])C(F)(F)C(OSCc1ccccc1)C(F)(F)F. The maximum absolute atomic E-state index is 13.1. The van der Waals surface area contributed by atoms with Crippen LogP contribution in [0.2, 0.25) is 0 Å². The molecule has 11 heteroatoms. The van der Waals surface area contributed by atoms with E-state index in [1.54, 1.807) is 18.2 Å². The number of halogens is 5. The third kappa shape index (κ3) is 4.80. The molecule has 0 N–H and O–H groups in total. The predicted octanol–water partition coefficient (Wildman–Crippen LogP) is 2.92. The smallest absolute Gasteiger partial charge is 0.422 e. The second kappa shape index (κ2) is 6.46. The van der Waals surface area contributed by atoms with Gasteiger partial charge in [-0.3, -0.25) is 4.18 Å². The van der Waals surface area contributed by atoms with Gasteiger partial charge >= 0.3 is 11.4 Å². The highest BCUT2D eigenvalue weighted by molar-refractivity contribution is 7.94. The minimum Gasteiger partial charge on any atom is -0.743 e. The zero-order valence-corrected chi connectivity index (χ0v) is 11.6. The summed E-state index contributed by atoms with van der Waals surface area (Å²) in [5.74, 6) is -0.234. The first kappa shape index (κ1) is 18.1. The maximum atomic E-state index is 13.1. The van der Waals surface area contributed by atoms with Crippen molar-refractivity contribution in [2.75, 3.05) is 0 Å². The number of benzene rings is 1. The van der Waals surface area contributed by atoms with Crippen LogP contribution in [0.3, 0.4) is 0 Å². The van der Waals surface area contributed by atoms with Gasteiger partial charge in [0.25, 0.3) is 0 Å². The standard InChI is InChI=1S/C10H9F5O4S2/c11-9(12,13)8(10(14,15)21(16,17)18)19-20-6-7-4-2-1-3-5-7/h1-5,8H,6H2,(H,16,17,18)/p-1. The Hall–Kier alpha value is -0.910. The minimum atomic E-state index is -6.52.